The van der Waals surface area contributed by atoms with Gasteiger partial charge in [-0.25, -0.2) is 10.2 Å². The second kappa shape index (κ2) is 13.3. The highest BCUT2D eigenvalue weighted by Gasteiger charge is 2.14. The van der Waals surface area contributed by atoms with E-state index < -0.39 is 17.8 Å². The summed E-state index contributed by atoms with van der Waals surface area (Å²) >= 11 is 11.8. The molecule has 0 saturated heterocycles. The zero-order chi connectivity index (χ0) is 26.8. The fraction of sp³-hybridized carbons (Fsp3) is 0.154. The van der Waals surface area contributed by atoms with Crippen molar-refractivity contribution in [1.82, 2.24) is 10.7 Å². The lowest BCUT2D eigenvalue weighted by atomic mass is 10.2. The van der Waals surface area contributed by atoms with Crippen LogP contribution in [0.4, 0.5) is 0 Å². The SMILES string of the molecule is CCOc1ccc(C(=O)NCC(=O)N/N=C\c2ccc(OC(=O)c3ccc(Cl)c(Cl)c3)c(OC)c2)cc1. The number of halogens is 2. The van der Waals surface area contributed by atoms with Crippen LogP contribution in [-0.4, -0.2) is 44.3 Å². The number of carbonyl (C=O) groups excluding carboxylic acids is 3. The van der Waals surface area contributed by atoms with E-state index in [-0.39, 0.29) is 28.6 Å². The number of nitrogens with zero attached hydrogens (tertiary/aromatic N) is 1. The molecule has 192 valence electrons. The van der Waals surface area contributed by atoms with Crippen molar-refractivity contribution >= 4 is 47.2 Å². The molecule has 0 atom stereocenters. The molecule has 0 bridgehead atoms. The van der Waals surface area contributed by atoms with Crippen molar-refractivity contribution in [3.63, 3.8) is 0 Å². The standard InChI is InChI=1S/C26H23Cl2N3O6/c1-3-36-19-8-5-17(6-9-19)25(33)29-15-24(32)31-30-14-16-4-11-22(23(12-16)35-2)37-26(34)18-7-10-20(27)21(28)13-18/h4-14H,3,15H2,1-2H3,(H,29,33)(H,31,32)/b30-14-. The van der Waals surface area contributed by atoms with E-state index in [9.17, 15) is 14.4 Å². The second-order valence-electron chi connectivity index (χ2n) is 7.36. The number of hydrogen-bond acceptors (Lipinski definition) is 7. The van der Waals surface area contributed by atoms with E-state index >= 15 is 0 Å². The number of ether oxygens (including phenoxy) is 3. The summed E-state index contributed by atoms with van der Waals surface area (Å²) in [6.07, 6.45) is 1.37. The van der Waals surface area contributed by atoms with Crippen molar-refractivity contribution in [3.8, 4) is 17.2 Å². The van der Waals surface area contributed by atoms with Gasteiger partial charge in [-0.05, 0) is 73.2 Å². The van der Waals surface area contributed by atoms with Crippen LogP contribution in [-0.2, 0) is 4.79 Å². The zero-order valence-electron chi connectivity index (χ0n) is 19.9. The van der Waals surface area contributed by atoms with E-state index in [1.807, 2.05) is 6.92 Å². The largest absolute Gasteiger partial charge is 0.494 e. The zero-order valence-corrected chi connectivity index (χ0v) is 21.4. The maximum atomic E-state index is 12.4. The molecule has 0 saturated carbocycles. The van der Waals surface area contributed by atoms with Gasteiger partial charge >= 0.3 is 5.97 Å². The minimum absolute atomic E-state index is 0.178. The fourth-order valence-corrected chi connectivity index (χ4v) is 3.28. The number of methoxy groups -OCH3 is 1. The van der Waals surface area contributed by atoms with Crippen molar-refractivity contribution in [2.45, 2.75) is 6.92 Å². The van der Waals surface area contributed by atoms with E-state index in [2.05, 4.69) is 15.8 Å². The molecule has 9 nitrogen and oxygen atoms in total. The van der Waals surface area contributed by atoms with E-state index in [0.717, 1.165) is 0 Å². The predicted octanol–water partition coefficient (Wildman–Crippen LogP) is 4.50. The Kier molecular flexibility index (Phi) is 9.88. The average molecular weight is 544 g/mol. The minimum Gasteiger partial charge on any atom is -0.494 e. The first-order valence-corrected chi connectivity index (χ1v) is 11.7. The second-order valence-corrected chi connectivity index (χ2v) is 8.18. The number of amides is 2. The Morgan fingerprint density at radius 1 is 0.919 bits per heavy atom. The van der Waals surface area contributed by atoms with E-state index in [1.165, 1.54) is 37.6 Å². The van der Waals surface area contributed by atoms with Crippen LogP contribution in [0.1, 0.15) is 33.2 Å². The first-order valence-electron chi connectivity index (χ1n) is 11.0. The molecule has 0 spiro atoms. The number of rotatable bonds is 10. The van der Waals surface area contributed by atoms with Crippen LogP contribution in [0.3, 0.4) is 0 Å². The van der Waals surface area contributed by atoms with Crippen molar-refractivity contribution in [2.75, 3.05) is 20.3 Å². The van der Waals surface area contributed by atoms with Gasteiger partial charge in [0.1, 0.15) is 5.75 Å². The van der Waals surface area contributed by atoms with Crippen LogP contribution >= 0.6 is 23.2 Å². The van der Waals surface area contributed by atoms with E-state index in [4.69, 9.17) is 37.4 Å². The Morgan fingerprint density at radius 2 is 1.65 bits per heavy atom. The number of carbonyl (C=O) groups is 3. The molecule has 37 heavy (non-hydrogen) atoms. The number of hydrogen-bond donors (Lipinski definition) is 2. The lowest BCUT2D eigenvalue weighted by molar-refractivity contribution is -0.120. The number of hydrazone groups is 1. The third-order valence-corrected chi connectivity index (χ3v) is 5.52. The molecule has 0 aromatic heterocycles. The van der Waals surface area contributed by atoms with Gasteiger partial charge < -0.3 is 19.5 Å². The average Bonchev–Trinajstić information content (AvgIpc) is 2.90. The van der Waals surface area contributed by atoms with E-state index in [0.29, 0.717) is 28.5 Å². The molecular formula is C26H23Cl2N3O6. The van der Waals surface area contributed by atoms with Crippen molar-refractivity contribution in [1.29, 1.82) is 0 Å². The summed E-state index contributed by atoms with van der Waals surface area (Å²) in [6, 6.07) is 15.7. The molecule has 0 fully saturated rings. The first-order chi connectivity index (χ1) is 17.8. The molecule has 2 N–H and O–H groups in total. The molecule has 0 aliphatic carbocycles. The van der Waals surface area contributed by atoms with Gasteiger partial charge in [-0.1, -0.05) is 23.2 Å². The van der Waals surface area contributed by atoms with Crippen LogP contribution in [0.25, 0.3) is 0 Å². The van der Waals surface area contributed by atoms with Gasteiger partial charge in [0.25, 0.3) is 11.8 Å². The van der Waals surface area contributed by atoms with E-state index in [1.54, 1.807) is 36.4 Å². The molecule has 11 heteroatoms. The van der Waals surface area contributed by atoms with Gasteiger partial charge in [-0.3, -0.25) is 9.59 Å². The molecular weight excluding hydrogens is 521 g/mol. The van der Waals surface area contributed by atoms with Crippen LogP contribution in [0.2, 0.25) is 10.0 Å². The highest BCUT2D eigenvalue weighted by molar-refractivity contribution is 6.42. The fourth-order valence-electron chi connectivity index (χ4n) is 2.98. The normalized spacial score (nSPS) is 10.6. The van der Waals surface area contributed by atoms with Gasteiger partial charge in [-0.2, -0.15) is 5.10 Å². The molecule has 0 unspecified atom stereocenters. The topological polar surface area (TPSA) is 115 Å². The monoisotopic (exact) mass is 543 g/mol. The van der Waals surface area contributed by atoms with Gasteiger partial charge in [0.2, 0.25) is 0 Å². The Bertz CT molecular complexity index is 1310. The van der Waals surface area contributed by atoms with Crippen molar-refractivity contribution < 1.29 is 28.6 Å². The Morgan fingerprint density at radius 3 is 2.32 bits per heavy atom. The molecule has 3 rings (SSSR count). The molecule has 3 aromatic rings. The predicted molar refractivity (Wildman–Crippen MR) is 140 cm³/mol. The molecule has 0 radical (unpaired) electrons. The van der Waals surface area contributed by atoms with Gasteiger partial charge in [0.15, 0.2) is 11.5 Å². The molecule has 3 aromatic carbocycles. The van der Waals surface area contributed by atoms with Gasteiger partial charge in [0, 0.05) is 5.56 Å². The highest BCUT2D eigenvalue weighted by Crippen LogP contribution is 2.29. The summed E-state index contributed by atoms with van der Waals surface area (Å²) in [5, 5.41) is 6.94. The summed E-state index contributed by atoms with van der Waals surface area (Å²) in [5.74, 6) is -0.464. The molecule has 0 aliphatic heterocycles. The quantitative estimate of drug-likeness (QED) is 0.168. The number of esters is 1. The maximum absolute atomic E-state index is 12.4. The van der Waals surface area contributed by atoms with Crippen molar-refractivity contribution in [2.24, 2.45) is 5.10 Å². The Hall–Kier alpha value is -4.08. The Balaban J connectivity index is 1.52. The third kappa shape index (κ3) is 7.96. The summed E-state index contributed by atoms with van der Waals surface area (Å²) in [4.78, 5) is 36.6. The van der Waals surface area contributed by atoms with Crippen LogP contribution in [0.15, 0.2) is 65.8 Å². The summed E-state index contributed by atoms with van der Waals surface area (Å²) in [7, 11) is 1.42. The summed E-state index contributed by atoms with van der Waals surface area (Å²) < 4.78 is 16.0. The first kappa shape index (κ1) is 27.5. The number of benzene rings is 3. The summed E-state index contributed by atoms with van der Waals surface area (Å²) in [6.45, 7) is 2.12. The van der Waals surface area contributed by atoms with Gasteiger partial charge in [0.05, 0.1) is 42.1 Å². The number of nitrogens with one attached hydrogen (secondary N) is 2. The maximum Gasteiger partial charge on any atom is 0.343 e. The Labute approximate surface area is 223 Å². The molecule has 2 amide bonds. The third-order valence-electron chi connectivity index (χ3n) is 4.79. The van der Waals surface area contributed by atoms with Crippen LogP contribution < -0.4 is 25.0 Å². The molecule has 0 aliphatic rings. The lowest BCUT2D eigenvalue weighted by Gasteiger charge is -2.10. The smallest absolute Gasteiger partial charge is 0.343 e. The lowest BCUT2D eigenvalue weighted by Crippen LogP contribution is -2.34. The highest BCUT2D eigenvalue weighted by atomic mass is 35.5. The minimum atomic E-state index is -0.641. The van der Waals surface area contributed by atoms with Crippen molar-refractivity contribution in [3.05, 3.63) is 87.4 Å². The molecule has 0 heterocycles. The van der Waals surface area contributed by atoms with Crippen LogP contribution in [0.5, 0.6) is 17.2 Å². The van der Waals surface area contributed by atoms with Gasteiger partial charge in [-0.15, -0.1) is 0 Å². The van der Waals surface area contributed by atoms with Crippen LogP contribution in [0, 0.1) is 0 Å². The summed E-state index contributed by atoms with van der Waals surface area (Å²) in [5.41, 5.74) is 3.50.